The number of benzene rings is 4. The van der Waals surface area contributed by atoms with Crippen LogP contribution in [0.1, 0.15) is 17.2 Å². The van der Waals surface area contributed by atoms with Gasteiger partial charge in [-0.25, -0.2) is 0 Å². The molecule has 0 radical (unpaired) electrons. The SMILES string of the molecule is COc1ccc(NC(=O)[C@H](c2cc3c(cc2[N+](=O)[O-])OCO3)N(Cc2ccccc2)c2ccccc2)cc1. The van der Waals surface area contributed by atoms with Crippen LogP contribution in [0.15, 0.2) is 97.1 Å². The summed E-state index contributed by atoms with van der Waals surface area (Å²) in [7, 11) is 1.56. The van der Waals surface area contributed by atoms with E-state index in [0.717, 1.165) is 11.3 Å². The maximum atomic E-state index is 14.1. The second kappa shape index (κ2) is 10.9. The van der Waals surface area contributed by atoms with Crippen molar-refractivity contribution < 1.29 is 23.9 Å². The highest BCUT2D eigenvalue weighted by molar-refractivity contribution is 5.98. The second-order valence-corrected chi connectivity index (χ2v) is 8.59. The zero-order chi connectivity index (χ0) is 26.5. The molecular formula is C29H25N3O6. The van der Waals surface area contributed by atoms with E-state index >= 15 is 0 Å². The van der Waals surface area contributed by atoms with Gasteiger partial charge in [-0.15, -0.1) is 0 Å². The number of carbonyl (C=O) groups excluding carboxylic acids is 1. The first-order chi connectivity index (χ1) is 18.5. The Bertz CT molecular complexity index is 1430. The molecule has 0 bridgehead atoms. The number of nitro groups is 1. The minimum Gasteiger partial charge on any atom is -0.497 e. The summed E-state index contributed by atoms with van der Waals surface area (Å²) in [6, 6.07) is 27.6. The van der Waals surface area contributed by atoms with Crippen molar-refractivity contribution in [2.75, 3.05) is 24.1 Å². The molecule has 0 spiro atoms. The third kappa shape index (κ3) is 5.22. The van der Waals surface area contributed by atoms with Crippen molar-refractivity contribution in [2.24, 2.45) is 0 Å². The number of rotatable bonds is 9. The van der Waals surface area contributed by atoms with E-state index in [4.69, 9.17) is 14.2 Å². The van der Waals surface area contributed by atoms with Crippen LogP contribution >= 0.6 is 0 Å². The second-order valence-electron chi connectivity index (χ2n) is 8.59. The fraction of sp³-hybridized carbons (Fsp3) is 0.138. The summed E-state index contributed by atoms with van der Waals surface area (Å²) >= 11 is 0. The molecule has 1 atom stereocenters. The molecule has 9 nitrogen and oxygen atoms in total. The molecule has 0 saturated carbocycles. The van der Waals surface area contributed by atoms with Crippen molar-refractivity contribution in [1.82, 2.24) is 0 Å². The van der Waals surface area contributed by atoms with E-state index < -0.39 is 16.9 Å². The molecular weight excluding hydrogens is 486 g/mol. The van der Waals surface area contributed by atoms with Crippen molar-refractivity contribution in [1.29, 1.82) is 0 Å². The molecule has 0 aromatic heterocycles. The molecule has 192 valence electrons. The Morgan fingerprint density at radius 3 is 2.24 bits per heavy atom. The Morgan fingerprint density at radius 2 is 1.61 bits per heavy atom. The molecule has 0 aliphatic carbocycles. The molecule has 1 amide bonds. The predicted molar refractivity (Wildman–Crippen MR) is 143 cm³/mol. The van der Waals surface area contributed by atoms with E-state index in [0.29, 0.717) is 23.7 Å². The van der Waals surface area contributed by atoms with Gasteiger partial charge in [0.1, 0.15) is 11.8 Å². The zero-order valence-corrected chi connectivity index (χ0v) is 20.6. The summed E-state index contributed by atoms with van der Waals surface area (Å²) in [6.45, 7) is 0.266. The van der Waals surface area contributed by atoms with E-state index in [-0.39, 0.29) is 23.8 Å². The summed E-state index contributed by atoms with van der Waals surface area (Å²) in [5, 5.41) is 15.2. The fourth-order valence-corrected chi connectivity index (χ4v) is 4.39. The van der Waals surface area contributed by atoms with Gasteiger partial charge in [0.2, 0.25) is 6.79 Å². The third-order valence-corrected chi connectivity index (χ3v) is 6.21. The maximum Gasteiger partial charge on any atom is 0.279 e. The molecule has 5 rings (SSSR count). The van der Waals surface area contributed by atoms with Crippen LogP contribution in [0.2, 0.25) is 0 Å². The smallest absolute Gasteiger partial charge is 0.279 e. The molecule has 0 saturated heterocycles. The maximum absolute atomic E-state index is 14.1. The van der Waals surface area contributed by atoms with Crippen LogP contribution in [0.25, 0.3) is 0 Å². The molecule has 1 aliphatic heterocycles. The molecule has 4 aromatic carbocycles. The van der Waals surface area contributed by atoms with E-state index in [1.165, 1.54) is 12.1 Å². The minimum absolute atomic E-state index is 0.0505. The highest BCUT2D eigenvalue weighted by Crippen LogP contribution is 2.43. The van der Waals surface area contributed by atoms with Gasteiger partial charge in [0.05, 0.1) is 23.7 Å². The van der Waals surface area contributed by atoms with Gasteiger partial charge < -0.3 is 24.4 Å². The molecule has 1 N–H and O–H groups in total. The largest absolute Gasteiger partial charge is 0.497 e. The van der Waals surface area contributed by atoms with E-state index in [1.54, 1.807) is 31.4 Å². The van der Waals surface area contributed by atoms with Crippen molar-refractivity contribution >= 4 is 23.0 Å². The van der Waals surface area contributed by atoms with Gasteiger partial charge in [0, 0.05) is 17.9 Å². The average molecular weight is 512 g/mol. The number of carbonyl (C=O) groups is 1. The first kappa shape index (κ1) is 24.6. The monoisotopic (exact) mass is 511 g/mol. The fourth-order valence-electron chi connectivity index (χ4n) is 4.39. The van der Waals surface area contributed by atoms with Gasteiger partial charge in [-0.2, -0.15) is 0 Å². The number of anilines is 2. The molecule has 1 heterocycles. The lowest BCUT2D eigenvalue weighted by atomic mass is 9.99. The first-order valence-corrected chi connectivity index (χ1v) is 11.9. The van der Waals surface area contributed by atoms with Crippen LogP contribution in [0.5, 0.6) is 17.2 Å². The van der Waals surface area contributed by atoms with Crippen molar-refractivity contribution in [3.05, 3.63) is 118 Å². The van der Waals surface area contributed by atoms with E-state index in [1.807, 2.05) is 65.6 Å². The Morgan fingerprint density at radius 1 is 0.974 bits per heavy atom. The zero-order valence-electron chi connectivity index (χ0n) is 20.6. The summed E-state index contributed by atoms with van der Waals surface area (Å²) in [5.41, 5.74) is 2.13. The number of methoxy groups -OCH3 is 1. The van der Waals surface area contributed by atoms with Crippen molar-refractivity contribution in [2.45, 2.75) is 12.6 Å². The van der Waals surface area contributed by atoms with Crippen LogP contribution in [-0.2, 0) is 11.3 Å². The van der Waals surface area contributed by atoms with E-state index in [9.17, 15) is 14.9 Å². The van der Waals surface area contributed by atoms with Crippen LogP contribution < -0.4 is 24.4 Å². The Labute approximate surface area is 219 Å². The minimum atomic E-state index is -1.09. The lowest BCUT2D eigenvalue weighted by Crippen LogP contribution is -2.37. The highest BCUT2D eigenvalue weighted by Gasteiger charge is 2.36. The van der Waals surface area contributed by atoms with Crippen molar-refractivity contribution in [3.63, 3.8) is 0 Å². The van der Waals surface area contributed by atoms with Crippen LogP contribution in [-0.4, -0.2) is 24.7 Å². The highest BCUT2D eigenvalue weighted by atomic mass is 16.7. The number of nitro benzene ring substituents is 1. The Balaban J connectivity index is 1.65. The molecule has 38 heavy (non-hydrogen) atoms. The Hall–Kier alpha value is -5.05. The molecule has 1 aliphatic rings. The number of hydrogen-bond acceptors (Lipinski definition) is 7. The Kier molecular flexibility index (Phi) is 7.08. The van der Waals surface area contributed by atoms with Gasteiger partial charge in [-0.3, -0.25) is 14.9 Å². The van der Waals surface area contributed by atoms with Gasteiger partial charge in [-0.05, 0) is 48.0 Å². The van der Waals surface area contributed by atoms with Gasteiger partial charge in [0.15, 0.2) is 11.5 Å². The van der Waals surface area contributed by atoms with E-state index in [2.05, 4.69) is 5.32 Å². The summed E-state index contributed by atoms with van der Waals surface area (Å²) in [4.78, 5) is 27.7. The average Bonchev–Trinajstić information content (AvgIpc) is 3.41. The first-order valence-electron chi connectivity index (χ1n) is 11.9. The van der Waals surface area contributed by atoms with Crippen LogP contribution in [0, 0.1) is 10.1 Å². The number of nitrogens with one attached hydrogen (secondary N) is 1. The summed E-state index contributed by atoms with van der Waals surface area (Å²) in [5.74, 6) is 0.808. The number of hydrogen-bond donors (Lipinski definition) is 1. The molecule has 9 heteroatoms. The normalized spacial score (nSPS) is 12.4. The van der Waals surface area contributed by atoms with Crippen LogP contribution in [0.4, 0.5) is 17.1 Å². The number of fused-ring (bicyclic) bond motifs is 1. The van der Waals surface area contributed by atoms with Gasteiger partial charge >= 0.3 is 0 Å². The molecule has 4 aromatic rings. The number of nitrogens with zero attached hydrogens (tertiary/aromatic N) is 2. The topological polar surface area (TPSA) is 103 Å². The number of para-hydroxylation sites is 1. The molecule has 0 unspecified atom stereocenters. The number of ether oxygens (including phenoxy) is 3. The quantitative estimate of drug-likeness (QED) is 0.226. The van der Waals surface area contributed by atoms with Gasteiger partial charge in [0.25, 0.3) is 11.6 Å². The lowest BCUT2D eigenvalue weighted by molar-refractivity contribution is -0.385. The summed E-state index contributed by atoms with van der Waals surface area (Å²) in [6.07, 6.45) is 0. The summed E-state index contributed by atoms with van der Waals surface area (Å²) < 4.78 is 16.1. The van der Waals surface area contributed by atoms with Crippen molar-refractivity contribution in [3.8, 4) is 17.2 Å². The number of amides is 1. The molecule has 0 fully saturated rings. The predicted octanol–water partition coefficient (Wildman–Crippen LogP) is 5.72. The lowest BCUT2D eigenvalue weighted by Gasteiger charge is -2.33. The van der Waals surface area contributed by atoms with Gasteiger partial charge in [-0.1, -0.05) is 48.5 Å². The van der Waals surface area contributed by atoms with Crippen LogP contribution in [0.3, 0.4) is 0 Å². The standard InChI is InChI=1S/C29H25N3O6/c1-36-23-14-12-21(13-15-23)30-29(33)28(24-16-26-27(38-19-37-26)17-25(24)32(34)35)31(22-10-6-3-7-11-22)18-20-8-4-2-5-9-20/h2-17,28H,18-19H2,1H3,(H,30,33)/t28-/m0/s1. The third-order valence-electron chi connectivity index (χ3n) is 6.21.